The predicted molar refractivity (Wildman–Crippen MR) is 151 cm³/mol. The maximum Gasteiger partial charge on any atom is 0.335 e. The average molecular weight is 618 g/mol. The van der Waals surface area contributed by atoms with Gasteiger partial charge in [0, 0.05) is 15.6 Å². The van der Waals surface area contributed by atoms with E-state index in [9.17, 15) is 14.4 Å². The number of amides is 4. The lowest BCUT2D eigenvalue weighted by molar-refractivity contribution is -0.122. The number of imide groups is 2. The van der Waals surface area contributed by atoms with Gasteiger partial charge in [-0.1, -0.05) is 41.4 Å². The summed E-state index contributed by atoms with van der Waals surface area (Å²) in [6.45, 7) is 5.97. The van der Waals surface area contributed by atoms with Crippen LogP contribution in [0.2, 0.25) is 10.0 Å². The molecule has 1 heterocycles. The summed E-state index contributed by atoms with van der Waals surface area (Å²) in [4.78, 5) is 39.7. The van der Waals surface area contributed by atoms with Crippen molar-refractivity contribution in [3.63, 3.8) is 0 Å². The lowest BCUT2D eigenvalue weighted by Crippen LogP contribution is -2.54. The number of urea groups is 1. The van der Waals surface area contributed by atoms with Gasteiger partial charge in [0.15, 0.2) is 11.5 Å². The highest BCUT2D eigenvalue weighted by atomic mass is 79.9. The van der Waals surface area contributed by atoms with E-state index in [1.54, 1.807) is 43.3 Å². The summed E-state index contributed by atoms with van der Waals surface area (Å²) < 4.78 is 12.3. The Morgan fingerprint density at radius 1 is 1.00 bits per heavy atom. The fourth-order valence-corrected chi connectivity index (χ4v) is 4.90. The van der Waals surface area contributed by atoms with Crippen LogP contribution in [0, 0.1) is 13.8 Å². The Hall–Kier alpha value is -3.33. The molecule has 0 aliphatic carbocycles. The summed E-state index contributed by atoms with van der Waals surface area (Å²) in [5, 5.41) is 3.25. The van der Waals surface area contributed by atoms with E-state index in [4.69, 9.17) is 32.7 Å². The molecule has 4 amide bonds. The predicted octanol–water partition coefficient (Wildman–Crippen LogP) is 7.02. The van der Waals surface area contributed by atoms with E-state index < -0.39 is 17.8 Å². The Morgan fingerprint density at radius 2 is 1.76 bits per heavy atom. The van der Waals surface area contributed by atoms with E-state index in [2.05, 4.69) is 21.2 Å². The lowest BCUT2D eigenvalue weighted by atomic mass is 10.0. The van der Waals surface area contributed by atoms with Gasteiger partial charge in [0.2, 0.25) is 0 Å². The highest BCUT2D eigenvalue weighted by Crippen LogP contribution is 2.39. The molecule has 1 aliphatic heterocycles. The number of nitrogens with one attached hydrogen (secondary N) is 1. The SMILES string of the molecule is CCOc1cc(/C=C2\C(=O)NC(=O)N(c3cc(C)ccc3C)C2=O)cc(Br)c1OCc1ccc(Cl)cc1Cl. The minimum Gasteiger partial charge on any atom is -0.490 e. The zero-order chi connectivity index (χ0) is 27.6. The van der Waals surface area contributed by atoms with Gasteiger partial charge in [-0.05, 0) is 89.8 Å². The van der Waals surface area contributed by atoms with Crippen LogP contribution in [0.5, 0.6) is 11.5 Å². The van der Waals surface area contributed by atoms with Crippen LogP contribution in [0.15, 0.2) is 58.6 Å². The van der Waals surface area contributed by atoms with Gasteiger partial charge in [0.1, 0.15) is 12.2 Å². The van der Waals surface area contributed by atoms with E-state index in [0.717, 1.165) is 21.6 Å². The molecule has 0 saturated carbocycles. The third-order valence-corrected chi connectivity index (χ3v) is 6.91. The van der Waals surface area contributed by atoms with Crippen molar-refractivity contribution in [1.82, 2.24) is 5.32 Å². The number of carbonyl (C=O) groups excluding carboxylic acids is 3. The minimum atomic E-state index is -0.799. The fourth-order valence-electron chi connectivity index (χ4n) is 3.87. The average Bonchev–Trinajstić information content (AvgIpc) is 2.84. The van der Waals surface area contributed by atoms with Crippen LogP contribution in [0.25, 0.3) is 6.08 Å². The monoisotopic (exact) mass is 616 g/mol. The van der Waals surface area contributed by atoms with Crippen LogP contribution in [0.3, 0.4) is 0 Å². The van der Waals surface area contributed by atoms with Crippen LogP contribution >= 0.6 is 39.1 Å². The molecule has 4 rings (SSSR count). The first kappa shape index (κ1) is 27.7. The number of barbiturate groups is 1. The summed E-state index contributed by atoms with van der Waals surface area (Å²) >= 11 is 15.8. The first-order valence-corrected chi connectivity index (χ1v) is 13.2. The van der Waals surface area contributed by atoms with Crippen LogP contribution in [0.4, 0.5) is 10.5 Å². The zero-order valence-corrected chi connectivity index (χ0v) is 23.8. The quantitative estimate of drug-likeness (QED) is 0.228. The molecular formula is C28H23BrCl2N2O5. The highest BCUT2D eigenvalue weighted by Gasteiger charge is 2.37. The molecule has 196 valence electrons. The number of anilines is 1. The second-order valence-electron chi connectivity index (χ2n) is 8.54. The smallest absolute Gasteiger partial charge is 0.335 e. The van der Waals surface area contributed by atoms with Crippen molar-refractivity contribution in [3.05, 3.63) is 90.9 Å². The highest BCUT2D eigenvalue weighted by molar-refractivity contribution is 9.10. The van der Waals surface area contributed by atoms with E-state index in [0.29, 0.717) is 43.9 Å². The molecule has 10 heteroatoms. The number of halogens is 3. The maximum atomic E-state index is 13.4. The van der Waals surface area contributed by atoms with Gasteiger partial charge in [0.05, 0.1) is 16.8 Å². The van der Waals surface area contributed by atoms with E-state index >= 15 is 0 Å². The summed E-state index contributed by atoms with van der Waals surface area (Å²) in [7, 11) is 0. The Labute approximate surface area is 238 Å². The van der Waals surface area contributed by atoms with Gasteiger partial charge in [-0.3, -0.25) is 14.9 Å². The van der Waals surface area contributed by atoms with Crippen molar-refractivity contribution in [3.8, 4) is 11.5 Å². The molecule has 0 atom stereocenters. The first-order chi connectivity index (χ1) is 18.1. The first-order valence-electron chi connectivity index (χ1n) is 11.6. The Kier molecular flexibility index (Phi) is 8.45. The summed E-state index contributed by atoms with van der Waals surface area (Å²) in [6.07, 6.45) is 1.41. The van der Waals surface area contributed by atoms with Crippen molar-refractivity contribution >= 4 is 68.7 Å². The van der Waals surface area contributed by atoms with Gasteiger partial charge in [-0.2, -0.15) is 0 Å². The molecule has 0 radical (unpaired) electrons. The second kappa shape index (κ2) is 11.6. The molecule has 0 unspecified atom stereocenters. The largest absolute Gasteiger partial charge is 0.490 e. The maximum absolute atomic E-state index is 13.4. The Bertz CT molecular complexity index is 1490. The fraction of sp³-hybridized carbons (Fsp3) is 0.179. The number of carbonyl (C=O) groups is 3. The molecule has 1 saturated heterocycles. The van der Waals surface area contributed by atoms with Crippen molar-refractivity contribution in [1.29, 1.82) is 0 Å². The third-order valence-electron chi connectivity index (χ3n) is 5.74. The number of nitrogens with zero attached hydrogens (tertiary/aromatic N) is 1. The number of rotatable bonds is 7. The molecule has 38 heavy (non-hydrogen) atoms. The van der Waals surface area contributed by atoms with Crippen molar-refractivity contribution in [2.24, 2.45) is 0 Å². The van der Waals surface area contributed by atoms with Crippen LogP contribution in [0.1, 0.15) is 29.2 Å². The standard InChI is InChI=1S/C28H23BrCl2N2O5/c1-4-37-24-12-17(11-21(29)25(24)38-14-18-7-8-19(30)13-22(18)31)10-20-26(34)32-28(36)33(27(20)35)23-9-15(2)5-6-16(23)3/h5-13H,4,14H2,1-3H3,(H,32,34,36)/b20-10+. The molecular weight excluding hydrogens is 595 g/mol. The van der Waals surface area contributed by atoms with Gasteiger partial charge in [0.25, 0.3) is 11.8 Å². The number of hydrogen-bond acceptors (Lipinski definition) is 5. The van der Waals surface area contributed by atoms with Crippen molar-refractivity contribution in [2.45, 2.75) is 27.4 Å². The summed E-state index contributed by atoms with van der Waals surface area (Å²) in [6, 6.07) is 13.1. The molecule has 1 N–H and O–H groups in total. The second-order valence-corrected chi connectivity index (χ2v) is 10.2. The molecule has 3 aromatic carbocycles. The zero-order valence-electron chi connectivity index (χ0n) is 20.7. The lowest BCUT2D eigenvalue weighted by Gasteiger charge is -2.28. The Morgan fingerprint density at radius 3 is 2.47 bits per heavy atom. The van der Waals surface area contributed by atoms with Crippen molar-refractivity contribution in [2.75, 3.05) is 11.5 Å². The molecule has 0 spiro atoms. The molecule has 1 fully saturated rings. The molecule has 0 bridgehead atoms. The van der Waals surface area contributed by atoms with Crippen LogP contribution in [-0.2, 0) is 16.2 Å². The molecule has 3 aromatic rings. The number of hydrogen-bond donors (Lipinski definition) is 1. The van der Waals surface area contributed by atoms with E-state index in [1.165, 1.54) is 6.08 Å². The van der Waals surface area contributed by atoms with E-state index in [-0.39, 0.29) is 12.2 Å². The Balaban J connectivity index is 1.68. The van der Waals surface area contributed by atoms with Crippen LogP contribution in [-0.4, -0.2) is 24.5 Å². The van der Waals surface area contributed by atoms with Gasteiger partial charge in [-0.15, -0.1) is 0 Å². The number of ether oxygens (including phenoxy) is 2. The summed E-state index contributed by atoms with van der Waals surface area (Å²) in [5.41, 5.74) is 3.03. The summed E-state index contributed by atoms with van der Waals surface area (Å²) in [5.74, 6) is -0.691. The number of aryl methyl sites for hydroxylation is 2. The third kappa shape index (κ3) is 5.88. The topological polar surface area (TPSA) is 84.9 Å². The molecule has 7 nitrogen and oxygen atoms in total. The molecule has 0 aromatic heterocycles. The van der Waals surface area contributed by atoms with Crippen LogP contribution < -0.4 is 19.7 Å². The normalized spacial score (nSPS) is 14.6. The van der Waals surface area contributed by atoms with E-state index in [1.807, 2.05) is 26.0 Å². The van der Waals surface area contributed by atoms with Gasteiger partial charge < -0.3 is 9.47 Å². The van der Waals surface area contributed by atoms with Crippen molar-refractivity contribution < 1.29 is 23.9 Å². The minimum absolute atomic E-state index is 0.156. The van der Waals surface area contributed by atoms with Gasteiger partial charge >= 0.3 is 6.03 Å². The molecule has 1 aliphatic rings. The van der Waals surface area contributed by atoms with Gasteiger partial charge in [-0.25, -0.2) is 9.69 Å². The number of benzene rings is 3.